The summed E-state index contributed by atoms with van der Waals surface area (Å²) in [5.74, 6) is 0.721. The van der Waals surface area contributed by atoms with Crippen molar-refractivity contribution in [2.24, 2.45) is 0 Å². The van der Waals surface area contributed by atoms with Crippen molar-refractivity contribution < 1.29 is 14.6 Å². The number of rotatable bonds is 7. The van der Waals surface area contributed by atoms with E-state index in [1.54, 1.807) is 0 Å². The first-order valence-corrected chi connectivity index (χ1v) is 7.34. The highest BCUT2D eigenvalue weighted by atomic mass is 16.5. The highest BCUT2D eigenvalue weighted by molar-refractivity contribution is 5.36. The first-order chi connectivity index (χ1) is 10.2. The fraction of sp³-hybridized carbons (Fsp3) is 0.769. The maximum atomic E-state index is 8.77. The summed E-state index contributed by atoms with van der Waals surface area (Å²) in [5, 5.41) is 8.77. The molecule has 2 rings (SSSR count). The van der Waals surface area contributed by atoms with E-state index in [1.165, 1.54) is 0 Å². The number of hydrogen-bond donors (Lipinski definition) is 2. The van der Waals surface area contributed by atoms with Gasteiger partial charge >= 0.3 is 6.01 Å². The van der Waals surface area contributed by atoms with Crippen molar-refractivity contribution in [2.75, 3.05) is 43.5 Å². The minimum absolute atomic E-state index is 0.0579. The number of nitrogen functional groups attached to an aromatic ring is 1. The van der Waals surface area contributed by atoms with E-state index in [0.717, 1.165) is 32.4 Å². The number of aliphatic hydroxyl groups excluding tert-OH is 1. The zero-order valence-corrected chi connectivity index (χ0v) is 12.4. The SMILES string of the molecule is CCCOc1nc(N)nc(N2CCC(OCCO)CC2)n1. The first kappa shape index (κ1) is 15.7. The van der Waals surface area contributed by atoms with Crippen LogP contribution in [0, 0.1) is 0 Å². The second kappa shape index (κ2) is 7.94. The van der Waals surface area contributed by atoms with Gasteiger partial charge in [-0.3, -0.25) is 0 Å². The van der Waals surface area contributed by atoms with Gasteiger partial charge in [-0.15, -0.1) is 0 Å². The van der Waals surface area contributed by atoms with E-state index >= 15 is 0 Å². The first-order valence-electron chi connectivity index (χ1n) is 7.34. The van der Waals surface area contributed by atoms with E-state index in [4.69, 9.17) is 20.3 Å². The molecule has 0 unspecified atom stereocenters. The van der Waals surface area contributed by atoms with Crippen LogP contribution in [0.2, 0.25) is 0 Å². The Morgan fingerprint density at radius 2 is 2.00 bits per heavy atom. The van der Waals surface area contributed by atoms with Gasteiger partial charge in [-0.05, 0) is 19.3 Å². The standard InChI is InChI=1S/C13H23N5O3/c1-2-8-21-13-16-11(14)15-12(17-13)18-5-3-10(4-6-18)20-9-7-19/h10,19H,2-9H2,1H3,(H2,14,15,16,17). The van der Waals surface area contributed by atoms with Crippen LogP contribution in [0.5, 0.6) is 6.01 Å². The van der Waals surface area contributed by atoms with Gasteiger partial charge in [-0.25, -0.2) is 0 Å². The van der Waals surface area contributed by atoms with Gasteiger partial charge in [-0.2, -0.15) is 15.0 Å². The average Bonchev–Trinajstić information content (AvgIpc) is 2.51. The Kier molecular flexibility index (Phi) is 5.94. The van der Waals surface area contributed by atoms with Crippen molar-refractivity contribution in [3.8, 4) is 6.01 Å². The maximum absolute atomic E-state index is 8.77. The lowest BCUT2D eigenvalue weighted by Gasteiger charge is -2.31. The predicted octanol–water partition coefficient (Wildman–Crippen LogP) is 0.220. The summed E-state index contributed by atoms with van der Waals surface area (Å²) in [6.45, 7) is 4.59. The molecule has 0 aromatic carbocycles. The van der Waals surface area contributed by atoms with Crippen molar-refractivity contribution in [1.82, 2.24) is 15.0 Å². The molecule has 8 heteroatoms. The van der Waals surface area contributed by atoms with Gasteiger partial charge in [0.15, 0.2) is 0 Å². The summed E-state index contributed by atoms with van der Waals surface area (Å²) < 4.78 is 11.0. The molecule has 1 aliphatic heterocycles. The molecule has 3 N–H and O–H groups in total. The molecule has 8 nitrogen and oxygen atoms in total. The van der Waals surface area contributed by atoms with Gasteiger partial charge in [0, 0.05) is 13.1 Å². The maximum Gasteiger partial charge on any atom is 0.323 e. The fourth-order valence-electron chi connectivity index (χ4n) is 2.20. The smallest absolute Gasteiger partial charge is 0.323 e. The Morgan fingerprint density at radius 1 is 1.24 bits per heavy atom. The summed E-state index contributed by atoms with van der Waals surface area (Å²) in [4.78, 5) is 14.5. The normalized spacial score (nSPS) is 16.2. The zero-order chi connectivity index (χ0) is 15.1. The van der Waals surface area contributed by atoms with Crippen LogP contribution >= 0.6 is 0 Å². The van der Waals surface area contributed by atoms with Crippen molar-refractivity contribution in [3.05, 3.63) is 0 Å². The molecule has 0 spiro atoms. The second-order valence-corrected chi connectivity index (χ2v) is 4.91. The van der Waals surface area contributed by atoms with Gasteiger partial charge in [0.25, 0.3) is 0 Å². The summed E-state index contributed by atoms with van der Waals surface area (Å²) in [7, 11) is 0. The Bertz CT molecular complexity index is 438. The molecule has 1 aromatic rings. The average molecular weight is 297 g/mol. The third-order valence-electron chi connectivity index (χ3n) is 3.23. The lowest BCUT2D eigenvalue weighted by molar-refractivity contribution is 0.0157. The molecule has 0 bridgehead atoms. The fourth-order valence-corrected chi connectivity index (χ4v) is 2.20. The molecule has 21 heavy (non-hydrogen) atoms. The molecule has 0 amide bonds. The summed E-state index contributed by atoms with van der Waals surface area (Å²) >= 11 is 0. The minimum Gasteiger partial charge on any atom is -0.463 e. The number of aliphatic hydroxyl groups is 1. The quantitative estimate of drug-likeness (QED) is 0.736. The van der Waals surface area contributed by atoms with Crippen LogP contribution in [0.4, 0.5) is 11.9 Å². The van der Waals surface area contributed by atoms with E-state index in [0.29, 0.717) is 19.2 Å². The molecule has 1 saturated heterocycles. The van der Waals surface area contributed by atoms with Gasteiger partial charge in [0.1, 0.15) is 0 Å². The molecule has 1 fully saturated rings. The molecule has 0 radical (unpaired) electrons. The second-order valence-electron chi connectivity index (χ2n) is 4.91. The number of ether oxygens (including phenoxy) is 2. The number of nitrogens with zero attached hydrogens (tertiary/aromatic N) is 4. The van der Waals surface area contributed by atoms with Crippen LogP contribution in [0.1, 0.15) is 26.2 Å². The van der Waals surface area contributed by atoms with Crippen LogP contribution in [-0.4, -0.2) is 59.1 Å². The largest absolute Gasteiger partial charge is 0.463 e. The third-order valence-corrected chi connectivity index (χ3v) is 3.23. The summed E-state index contributed by atoms with van der Waals surface area (Å²) in [6.07, 6.45) is 2.81. The van der Waals surface area contributed by atoms with Crippen LogP contribution in [0.3, 0.4) is 0 Å². The molecule has 118 valence electrons. The molecule has 1 aliphatic rings. The Morgan fingerprint density at radius 3 is 2.67 bits per heavy atom. The monoisotopic (exact) mass is 297 g/mol. The lowest BCUT2D eigenvalue weighted by Crippen LogP contribution is -2.38. The van der Waals surface area contributed by atoms with Crippen molar-refractivity contribution in [1.29, 1.82) is 0 Å². The minimum atomic E-state index is 0.0579. The van der Waals surface area contributed by atoms with E-state index < -0.39 is 0 Å². The Labute approximate surface area is 124 Å². The van der Waals surface area contributed by atoms with E-state index in [-0.39, 0.29) is 24.7 Å². The molecule has 0 atom stereocenters. The van der Waals surface area contributed by atoms with Crippen LogP contribution in [0.25, 0.3) is 0 Å². The van der Waals surface area contributed by atoms with Gasteiger partial charge in [0.05, 0.1) is 25.9 Å². The lowest BCUT2D eigenvalue weighted by atomic mass is 10.1. The number of nitrogens with two attached hydrogens (primary N) is 1. The molecule has 2 heterocycles. The van der Waals surface area contributed by atoms with Crippen LogP contribution in [-0.2, 0) is 4.74 Å². The van der Waals surface area contributed by atoms with Gasteiger partial charge in [0.2, 0.25) is 11.9 Å². The summed E-state index contributed by atoms with van der Waals surface area (Å²) in [6, 6.07) is 0.276. The zero-order valence-electron chi connectivity index (χ0n) is 12.4. The van der Waals surface area contributed by atoms with E-state index in [9.17, 15) is 0 Å². The summed E-state index contributed by atoms with van der Waals surface area (Å²) in [5.41, 5.74) is 5.71. The van der Waals surface area contributed by atoms with Crippen LogP contribution < -0.4 is 15.4 Å². The Balaban J connectivity index is 1.94. The van der Waals surface area contributed by atoms with E-state index in [1.807, 2.05) is 6.92 Å². The number of anilines is 2. The van der Waals surface area contributed by atoms with Crippen LogP contribution in [0.15, 0.2) is 0 Å². The van der Waals surface area contributed by atoms with Gasteiger partial charge in [-0.1, -0.05) is 6.92 Å². The molecule has 1 aromatic heterocycles. The van der Waals surface area contributed by atoms with Crippen molar-refractivity contribution in [2.45, 2.75) is 32.3 Å². The van der Waals surface area contributed by atoms with E-state index in [2.05, 4.69) is 19.9 Å². The predicted molar refractivity (Wildman–Crippen MR) is 78.3 cm³/mol. The number of aromatic nitrogens is 3. The third kappa shape index (κ3) is 4.68. The molecule has 0 aliphatic carbocycles. The number of piperidine rings is 1. The highest BCUT2D eigenvalue weighted by Gasteiger charge is 2.22. The Hall–Kier alpha value is -1.67. The molecular formula is C13H23N5O3. The van der Waals surface area contributed by atoms with Crippen molar-refractivity contribution >= 4 is 11.9 Å². The topological polar surface area (TPSA) is 107 Å². The molecule has 0 saturated carbocycles. The highest BCUT2D eigenvalue weighted by Crippen LogP contribution is 2.20. The van der Waals surface area contributed by atoms with Gasteiger partial charge < -0.3 is 25.2 Å². The molecular weight excluding hydrogens is 274 g/mol. The number of hydrogen-bond acceptors (Lipinski definition) is 8. The van der Waals surface area contributed by atoms with Crippen molar-refractivity contribution in [3.63, 3.8) is 0 Å².